The lowest BCUT2D eigenvalue weighted by atomic mass is 10.0. The zero-order chi connectivity index (χ0) is 20.1. The second kappa shape index (κ2) is 8.69. The van der Waals surface area contributed by atoms with E-state index in [1.165, 1.54) is 6.92 Å². The van der Waals surface area contributed by atoms with Crippen LogP contribution >= 0.6 is 0 Å². The molecule has 1 unspecified atom stereocenters. The molecule has 2 aromatic carbocycles. The zero-order valence-corrected chi connectivity index (χ0v) is 16.5. The van der Waals surface area contributed by atoms with Gasteiger partial charge >= 0.3 is 0 Å². The topological polar surface area (TPSA) is 76.0 Å². The van der Waals surface area contributed by atoms with Gasteiger partial charge in [0.1, 0.15) is 5.82 Å². The summed E-state index contributed by atoms with van der Waals surface area (Å²) in [5.74, 6) is 0.531. The third-order valence-corrected chi connectivity index (χ3v) is 4.74. The van der Waals surface area contributed by atoms with Crippen LogP contribution in [0.15, 0.2) is 48.5 Å². The highest BCUT2D eigenvalue weighted by atomic mass is 16.2. The van der Waals surface area contributed by atoms with E-state index in [1.807, 2.05) is 55.5 Å². The Morgan fingerprint density at radius 3 is 2.50 bits per heavy atom. The molecule has 6 nitrogen and oxygen atoms in total. The number of hydrogen-bond donors (Lipinski definition) is 2. The minimum atomic E-state index is -0.358. The molecule has 0 saturated heterocycles. The fraction of sp³-hybridized carbons (Fsp3) is 0.318. The van der Waals surface area contributed by atoms with Crippen LogP contribution < -0.4 is 10.6 Å². The van der Waals surface area contributed by atoms with Crippen LogP contribution in [0.25, 0.3) is 11.0 Å². The number of hydrogen-bond acceptors (Lipinski definition) is 3. The SMILES string of the molecule is CCn1c(CNC(=O)CC(NC(C)=O)c2ccc(C)cc2)nc2ccccc21. The van der Waals surface area contributed by atoms with Crippen molar-refractivity contribution in [1.82, 2.24) is 20.2 Å². The number of aryl methyl sites for hydroxylation is 2. The summed E-state index contributed by atoms with van der Waals surface area (Å²) >= 11 is 0. The average molecular weight is 378 g/mol. The van der Waals surface area contributed by atoms with E-state index in [0.29, 0.717) is 6.54 Å². The van der Waals surface area contributed by atoms with Crippen molar-refractivity contribution in [2.24, 2.45) is 0 Å². The van der Waals surface area contributed by atoms with Crippen LogP contribution in [0.2, 0.25) is 0 Å². The van der Waals surface area contributed by atoms with Gasteiger partial charge < -0.3 is 15.2 Å². The van der Waals surface area contributed by atoms with Gasteiger partial charge in [0.25, 0.3) is 0 Å². The van der Waals surface area contributed by atoms with Crippen molar-refractivity contribution in [1.29, 1.82) is 0 Å². The molecule has 0 bridgehead atoms. The van der Waals surface area contributed by atoms with Crippen LogP contribution in [0.1, 0.15) is 43.3 Å². The minimum Gasteiger partial charge on any atom is -0.349 e. The Labute approximate surface area is 165 Å². The molecule has 146 valence electrons. The van der Waals surface area contributed by atoms with Crippen LogP contribution in [-0.4, -0.2) is 21.4 Å². The number of carbonyl (C=O) groups is 2. The van der Waals surface area contributed by atoms with Gasteiger partial charge in [-0.2, -0.15) is 0 Å². The molecule has 28 heavy (non-hydrogen) atoms. The largest absolute Gasteiger partial charge is 0.349 e. The van der Waals surface area contributed by atoms with Crippen molar-refractivity contribution in [3.8, 4) is 0 Å². The predicted octanol–water partition coefficient (Wildman–Crippen LogP) is 3.25. The Morgan fingerprint density at radius 1 is 1.11 bits per heavy atom. The molecule has 2 amide bonds. The van der Waals surface area contributed by atoms with E-state index >= 15 is 0 Å². The summed E-state index contributed by atoms with van der Waals surface area (Å²) in [6, 6.07) is 15.4. The van der Waals surface area contributed by atoms with Crippen LogP contribution in [0.3, 0.4) is 0 Å². The first-order chi connectivity index (χ1) is 13.5. The molecule has 3 rings (SSSR count). The first kappa shape index (κ1) is 19.6. The Hall–Kier alpha value is -3.15. The van der Waals surface area contributed by atoms with Crippen molar-refractivity contribution in [2.45, 2.75) is 46.3 Å². The molecule has 0 aliphatic rings. The molecule has 0 spiro atoms. The van der Waals surface area contributed by atoms with Gasteiger partial charge in [-0.25, -0.2) is 4.98 Å². The number of nitrogens with zero attached hydrogens (tertiary/aromatic N) is 2. The van der Waals surface area contributed by atoms with Gasteiger partial charge in [0.15, 0.2) is 0 Å². The maximum Gasteiger partial charge on any atom is 0.222 e. The van der Waals surface area contributed by atoms with Crippen molar-refractivity contribution in [3.05, 3.63) is 65.5 Å². The molecule has 1 heterocycles. The second-order valence-electron chi connectivity index (χ2n) is 6.91. The number of carbonyl (C=O) groups excluding carboxylic acids is 2. The normalized spacial score (nSPS) is 12.0. The quantitative estimate of drug-likeness (QED) is 0.663. The summed E-state index contributed by atoms with van der Waals surface area (Å²) in [4.78, 5) is 28.8. The number of rotatable bonds is 7. The molecule has 6 heteroatoms. The summed E-state index contributed by atoms with van der Waals surface area (Å²) in [6.07, 6.45) is 0.176. The summed E-state index contributed by atoms with van der Waals surface area (Å²) in [6.45, 7) is 6.65. The third kappa shape index (κ3) is 4.57. The van der Waals surface area contributed by atoms with Gasteiger partial charge in [0.05, 0.1) is 30.0 Å². The molecular formula is C22H26N4O2. The summed E-state index contributed by atoms with van der Waals surface area (Å²) in [5.41, 5.74) is 4.03. The fourth-order valence-electron chi connectivity index (χ4n) is 3.34. The Kier molecular flexibility index (Phi) is 6.09. The number of para-hydroxylation sites is 2. The standard InChI is InChI=1S/C22H26N4O2/c1-4-26-20-8-6-5-7-18(20)25-21(26)14-23-22(28)13-19(24-16(3)27)17-11-9-15(2)10-12-17/h5-12,19H,4,13-14H2,1-3H3,(H,23,28)(H,24,27). The van der Waals surface area contributed by atoms with E-state index in [1.54, 1.807) is 0 Å². The molecule has 3 aromatic rings. The molecule has 0 saturated carbocycles. The van der Waals surface area contributed by atoms with Gasteiger partial charge in [-0.3, -0.25) is 9.59 Å². The van der Waals surface area contributed by atoms with Gasteiger partial charge in [-0.15, -0.1) is 0 Å². The smallest absolute Gasteiger partial charge is 0.222 e. The predicted molar refractivity (Wildman–Crippen MR) is 110 cm³/mol. The Balaban J connectivity index is 1.69. The summed E-state index contributed by atoms with van der Waals surface area (Å²) in [5, 5.41) is 5.81. The number of aromatic nitrogens is 2. The first-order valence-corrected chi connectivity index (χ1v) is 9.52. The van der Waals surface area contributed by atoms with Crippen molar-refractivity contribution in [3.63, 3.8) is 0 Å². The van der Waals surface area contributed by atoms with Crippen LogP contribution in [-0.2, 0) is 22.7 Å². The molecule has 0 aliphatic heterocycles. The van der Waals surface area contributed by atoms with E-state index in [0.717, 1.165) is 34.5 Å². The minimum absolute atomic E-state index is 0.131. The summed E-state index contributed by atoms with van der Waals surface area (Å²) < 4.78 is 2.10. The lowest BCUT2D eigenvalue weighted by Gasteiger charge is -2.18. The third-order valence-electron chi connectivity index (χ3n) is 4.74. The number of imidazole rings is 1. The Bertz CT molecular complexity index is 976. The number of amides is 2. The van der Waals surface area contributed by atoms with E-state index in [4.69, 9.17) is 0 Å². The zero-order valence-electron chi connectivity index (χ0n) is 16.5. The van der Waals surface area contributed by atoms with Gasteiger partial charge in [0.2, 0.25) is 11.8 Å². The maximum atomic E-state index is 12.6. The highest BCUT2D eigenvalue weighted by Gasteiger charge is 2.18. The van der Waals surface area contributed by atoms with E-state index in [2.05, 4.69) is 27.1 Å². The molecule has 0 fully saturated rings. The molecule has 1 aromatic heterocycles. The molecular weight excluding hydrogens is 352 g/mol. The number of fused-ring (bicyclic) bond motifs is 1. The van der Waals surface area contributed by atoms with E-state index < -0.39 is 0 Å². The average Bonchev–Trinajstić information content (AvgIpc) is 3.03. The fourth-order valence-corrected chi connectivity index (χ4v) is 3.34. The number of nitrogens with one attached hydrogen (secondary N) is 2. The lowest BCUT2D eigenvalue weighted by molar-refractivity contribution is -0.123. The van der Waals surface area contributed by atoms with Crippen molar-refractivity contribution >= 4 is 22.8 Å². The summed E-state index contributed by atoms with van der Waals surface area (Å²) in [7, 11) is 0. The number of benzene rings is 2. The van der Waals surface area contributed by atoms with Gasteiger partial charge in [0, 0.05) is 13.5 Å². The lowest BCUT2D eigenvalue weighted by Crippen LogP contribution is -2.32. The van der Waals surface area contributed by atoms with Crippen LogP contribution in [0, 0.1) is 6.92 Å². The molecule has 0 radical (unpaired) electrons. The van der Waals surface area contributed by atoms with Gasteiger partial charge in [-0.1, -0.05) is 42.0 Å². The second-order valence-corrected chi connectivity index (χ2v) is 6.91. The Morgan fingerprint density at radius 2 is 1.82 bits per heavy atom. The first-order valence-electron chi connectivity index (χ1n) is 9.52. The van der Waals surface area contributed by atoms with Crippen molar-refractivity contribution in [2.75, 3.05) is 0 Å². The van der Waals surface area contributed by atoms with Gasteiger partial charge in [-0.05, 0) is 31.5 Å². The van der Waals surface area contributed by atoms with Crippen LogP contribution in [0.5, 0.6) is 0 Å². The monoisotopic (exact) mass is 378 g/mol. The van der Waals surface area contributed by atoms with Crippen molar-refractivity contribution < 1.29 is 9.59 Å². The maximum absolute atomic E-state index is 12.6. The van der Waals surface area contributed by atoms with Crippen LogP contribution in [0.4, 0.5) is 0 Å². The highest BCUT2D eigenvalue weighted by Crippen LogP contribution is 2.19. The molecule has 1 atom stereocenters. The van der Waals surface area contributed by atoms with E-state index in [9.17, 15) is 9.59 Å². The molecule has 0 aliphatic carbocycles. The molecule has 2 N–H and O–H groups in total. The highest BCUT2D eigenvalue weighted by molar-refractivity contribution is 5.79. The van der Waals surface area contributed by atoms with E-state index in [-0.39, 0.29) is 24.3 Å².